The van der Waals surface area contributed by atoms with E-state index in [9.17, 15) is 14.0 Å². The summed E-state index contributed by atoms with van der Waals surface area (Å²) in [6.45, 7) is 0. The maximum Gasteiger partial charge on any atom is 0.356 e. The molecule has 7 nitrogen and oxygen atoms in total. The van der Waals surface area contributed by atoms with Crippen molar-refractivity contribution in [1.82, 2.24) is 15.2 Å². The zero-order chi connectivity index (χ0) is 15.0. The number of H-pyrrole nitrogens is 1. The zero-order valence-electron chi connectivity index (χ0n) is 11.0. The number of aromatic nitrogens is 3. The van der Waals surface area contributed by atoms with E-state index in [0.717, 1.165) is 0 Å². The minimum Gasteiger partial charge on any atom is -0.464 e. The van der Waals surface area contributed by atoms with Crippen molar-refractivity contribution >= 4 is 17.7 Å². The van der Waals surface area contributed by atoms with E-state index in [-0.39, 0.29) is 29.5 Å². The van der Waals surface area contributed by atoms with E-state index in [4.69, 9.17) is 0 Å². The Morgan fingerprint density at radius 3 is 3.05 bits per heavy atom. The Hall–Kier alpha value is -2.77. The second-order valence-corrected chi connectivity index (χ2v) is 4.53. The van der Waals surface area contributed by atoms with Crippen molar-refractivity contribution < 1.29 is 18.7 Å². The number of esters is 1. The van der Waals surface area contributed by atoms with Crippen molar-refractivity contribution in [3.63, 3.8) is 0 Å². The highest BCUT2D eigenvalue weighted by Crippen LogP contribution is 2.38. The van der Waals surface area contributed by atoms with Crippen LogP contribution in [0.4, 0.5) is 10.2 Å². The molecule has 0 spiro atoms. The van der Waals surface area contributed by atoms with Crippen LogP contribution in [0.2, 0.25) is 0 Å². The summed E-state index contributed by atoms with van der Waals surface area (Å²) >= 11 is 0. The number of hydrogen-bond donors (Lipinski definition) is 2. The van der Waals surface area contributed by atoms with E-state index < -0.39 is 17.7 Å². The van der Waals surface area contributed by atoms with Crippen molar-refractivity contribution in [2.75, 3.05) is 12.4 Å². The van der Waals surface area contributed by atoms with Crippen molar-refractivity contribution in [3.8, 4) is 0 Å². The number of methoxy groups -OCH3 is 1. The minimum absolute atomic E-state index is 0.0234. The molecular formula is C13H11FN4O3. The first-order chi connectivity index (χ1) is 10.1. The molecule has 3 rings (SSSR count). The smallest absolute Gasteiger partial charge is 0.356 e. The first kappa shape index (κ1) is 13.2. The number of nitrogens with zero attached hydrogens (tertiary/aromatic N) is 2. The second-order valence-electron chi connectivity index (χ2n) is 4.53. The molecule has 0 aliphatic carbocycles. The third-order valence-electron chi connectivity index (χ3n) is 3.31. The lowest BCUT2D eigenvalue weighted by atomic mass is 9.88. The van der Waals surface area contributed by atoms with Gasteiger partial charge in [-0.25, -0.2) is 9.18 Å². The highest BCUT2D eigenvalue weighted by molar-refractivity contribution is 5.98. The van der Waals surface area contributed by atoms with Crippen LogP contribution in [0, 0.1) is 5.82 Å². The van der Waals surface area contributed by atoms with Crippen LogP contribution < -0.4 is 5.32 Å². The number of hydrogen-bond acceptors (Lipinski definition) is 5. The van der Waals surface area contributed by atoms with E-state index in [2.05, 4.69) is 25.2 Å². The number of nitrogens with one attached hydrogen (secondary N) is 2. The number of anilines is 1. The summed E-state index contributed by atoms with van der Waals surface area (Å²) in [5, 5.41) is 8.93. The summed E-state index contributed by atoms with van der Waals surface area (Å²) in [7, 11) is 1.23. The molecule has 0 radical (unpaired) electrons. The van der Waals surface area contributed by atoms with E-state index in [0.29, 0.717) is 5.56 Å². The topological polar surface area (TPSA) is 97.0 Å². The van der Waals surface area contributed by atoms with Crippen LogP contribution in [-0.4, -0.2) is 34.2 Å². The fraction of sp³-hybridized carbons (Fsp3) is 0.231. The van der Waals surface area contributed by atoms with Gasteiger partial charge in [0.15, 0.2) is 5.82 Å². The molecule has 0 fully saturated rings. The number of fused-ring (bicyclic) bond motifs is 1. The summed E-state index contributed by atoms with van der Waals surface area (Å²) in [5.74, 6) is -1.99. The fourth-order valence-corrected chi connectivity index (χ4v) is 2.40. The Bertz CT molecular complexity index is 728. The quantitative estimate of drug-likeness (QED) is 0.810. The Kier molecular flexibility index (Phi) is 3.13. The molecule has 1 aliphatic rings. The number of aromatic amines is 1. The largest absolute Gasteiger partial charge is 0.464 e. The van der Waals surface area contributed by atoms with Crippen molar-refractivity contribution in [2.24, 2.45) is 0 Å². The monoisotopic (exact) mass is 290 g/mol. The summed E-state index contributed by atoms with van der Waals surface area (Å²) in [5.41, 5.74) is 0.571. The van der Waals surface area contributed by atoms with Crippen molar-refractivity contribution in [2.45, 2.75) is 12.3 Å². The van der Waals surface area contributed by atoms with Crippen LogP contribution in [0.5, 0.6) is 0 Å². The van der Waals surface area contributed by atoms with Gasteiger partial charge in [-0.2, -0.15) is 5.10 Å². The Morgan fingerprint density at radius 2 is 2.33 bits per heavy atom. The molecule has 1 aliphatic heterocycles. The van der Waals surface area contributed by atoms with Crippen molar-refractivity contribution in [3.05, 3.63) is 41.1 Å². The highest BCUT2D eigenvalue weighted by Gasteiger charge is 2.36. The molecule has 21 heavy (non-hydrogen) atoms. The van der Waals surface area contributed by atoms with Gasteiger partial charge in [0.2, 0.25) is 5.91 Å². The molecule has 1 atom stereocenters. The van der Waals surface area contributed by atoms with E-state index >= 15 is 0 Å². The summed E-state index contributed by atoms with van der Waals surface area (Å²) in [6, 6.07) is 2.71. The van der Waals surface area contributed by atoms with Gasteiger partial charge in [-0.3, -0.25) is 14.9 Å². The third-order valence-corrected chi connectivity index (χ3v) is 3.31. The third kappa shape index (κ3) is 2.14. The molecule has 2 aromatic heterocycles. The van der Waals surface area contributed by atoms with Crippen LogP contribution in [-0.2, 0) is 9.53 Å². The average molecular weight is 290 g/mol. The highest BCUT2D eigenvalue weighted by atomic mass is 19.1. The predicted octanol–water partition coefficient (Wildman–Crippen LogP) is 1.20. The number of pyridine rings is 1. The van der Waals surface area contributed by atoms with Crippen LogP contribution in [0.15, 0.2) is 18.3 Å². The number of carbonyl (C=O) groups excluding carboxylic acids is 2. The van der Waals surface area contributed by atoms with E-state index in [1.807, 2.05) is 0 Å². The predicted molar refractivity (Wildman–Crippen MR) is 69.2 cm³/mol. The zero-order valence-corrected chi connectivity index (χ0v) is 11.0. The second kappa shape index (κ2) is 4.97. The standard InChI is InChI=1S/C13H11FN4O3/c1-21-13(20)11-9-6(10-7(14)3-2-4-15-10)5-8(19)16-12(9)18-17-11/h2-4,6H,5H2,1H3,(H2,16,17,18,19). The molecule has 0 bridgehead atoms. The van der Waals surface area contributed by atoms with Gasteiger partial charge in [0.25, 0.3) is 0 Å². The molecule has 0 saturated heterocycles. The maximum atomic E-state index is 14.0. The number of ether oxygens (including phenoxy) is 1. The molecule has 2 N–H and O–H groups in total. The van der Waals surface area contributed by atoms with Crippen LogP contribution in [0.25, 0.3) is 0 Å². The lowest BCUT2D eigenvalue weighted by Crippen LogP contribution is -2.25. The van der Waals surface area contributed by atoms with Gasteiger partial charge in [-0.1, -0.05) is 0 Å². The number of halogens is 1. The van der Waals surface area contributed by atoms with Gasteiger partial charge in [0.1, 0.15) is 11.5 Å². The molecule has 0 aromatic carbocycles. The summed E-state index contributed by atoms with van der Waals surface area (Å²) in [4.78, 5) is 27.5. The first-order valence-electron chi connectivity index (χ1n) is 6.18. The SMILES string of the molecule is COC(=O)c1[nH]nc2c1C(c1ncccc1F)CC(=O)N2. The maximum absolute atomic E-state index is 14.0. The summed E-state index contributed by atoms with van der Waals surface area (Å²) in [6.07, 6.45) is 1.41. The molecule has 1 amide bonds. The number of amides is 1. The molecule has 3 heterocycles. The molecule has 0 saturated carbocycles. The molecular weight excluding hydrogens is 279 g/mol. The van der Waals surface area contributed by atoms with Gasteiger partial charge >= 0.3 is 5.97 Å². The van der Waals surface area contributed by atoms with Gasteiger partial charge in [-0.05, 0) is 12.1 Å². The Morgan fingerprint density at radius 1 is 1.52 bits per heavy atom. The molecule has 108 valence electrons. The normalized spacial score (nSPS) is 17.0. The number of rotatable bonds is 2. The van der Waals surface area contributed by atoms with Crippen LogP contribution >= 0.6 is 0 Å². The van der Waals surface area contributed by atoms with E-state index in [1.165, 1.54) is 25.4 Å². The molecule has 1 unspecified atom stereocenters. The lowest BCUT2D eigenvalue weighted by Gasteiger charge is -2.22. The van der Waals surface area contributed by atoms with Gasteiger partial charge in [-0.15, -0.1) is 0 Å². The van der Waals surface area contributed by atoms with Crippen LogP contribution in [0.3, 0.4) is 0 Å². The van der Waals surface area contributed by atoms with Gasteiger partial charge in [0, 0.05) is 24.1 Å². The average Bonchev–Trinajstić information content (AvgIpc) is 2.90. The van der Waals surface area contributed by atoms with Crippen LogP contribution in [0.1, 0.15) is 34.1 Å². The first-order valence-corrected chi connectivity index (χ1v) is 6.18. The van der Waals surface area contributed by atoms with Gasteiger partial charge < -0.3 is 10.1 Å². The Labute approximate surface area is 118 Å². The fourth-order valence-electron chi connectivity index (χ4n) is 2.40. The van der Waals surface area contributed by atoms with Gasteiger partial charge in [0.05, 0.1) is 12.8 Å². The molecule has 2 aromatic rings. The van der Waals surface area contributed by atoms with E-state index in [1.54, 1.807) is 0 Å². The summed E-state index contributed by atoms with van der Waals surface area (Å²) < 4.78 is 18.6. The Balaban J connectivity index is 2.16. The van der Waals surface area contributed by atoms with Crippen molar-refractivity contribution in [1.29, 1.82) is 0 Å². The molecule has 8 heteroatoms. The number of carbonyl (C=O) groups is 2. The minimum atomic E-state index is -0.692. The lowest BCUT2D eigenvalue weighted by molar-refractivity contribution is -0.116.